The lowest BCUT2D eigenvalue weighted by Gasteiger charge is -2.18. The van der Waals surface area contributed by atoms with Gasteiger partial charge in [0.05, 0.1) is 6.07 Å². The van der Waals surface area contributed by atoms with Crippen molar-refractivity contribution in [1.82, 2.24) is 10.6 Å². The first kappa shape index (κ1) is 15.8. The van der Waals surface area contributed by atoms with Gasteiger partial charge in [-0.3, -0.25) is 4.79 Å². The van der Waals surface area contributed by atoms with Crippen LogP contribution in [0.15, 0.2) is 30.3 Å². The minimum absolute atomic E-state index is 0.333. The minimum Gasteiger partial charge on any atom is -0.436 e. The molecule has 0 spiro atoms. The van der Waals surface area contributed by atoms with Crippen LogP contribution in [0.4, 0.5) is 4.79 Å². The maximum absolute atomic E-state index is 12.0. The predicted octanol–water partition coefficient (Wildman–Crippen LogP) is 1.86. The fourth-order valence-electron chi connectivity index (χ4n) is 1.97. The largest absolute Gasteiger partial charge is 0.436 e. The number of hydrogen-bond acceptors (Lipinski definition) is 4. The van der Waals surface area contributed by atoms with Crippen molar-refractivity contribution in [3.63, 3.8) is 0 Å². The predicted molar refractivity (Wildman–Crippen MR) is 79.6 cm³/mol. The van der Waals surface area contributed by atoms with Crippen molar-refractivity contribution in [2.75, 3.05) is 0 Å². The van der Waals surface area contributed by atoms with Gasteiger partial charge in [-0.15, -0.1) is 0 Å². The Morgan fingerprint density at radius 2 is 2.05 bits per heavy atom. The van der Waals surface area contributed by atoms with E-state index in [0.717, 1.165) is 5.56 Å². The van der Waals surface area contributed by atoms with Crippen molar-refractivity contribution < 1.29 is 14.3 Å². The second-order valence-corrected chi connectivity index (χ2v) is 5.32. The molecule has 2 rings (SSSR count). The lowest BCUT2D eigenvalue weighted by molar-refractivity contribution is -0.130. The number of nitriles is 1. The van der Waals surface area contributed by atoms with Gasteiger partial charge in [-0.25, -0.2) is 4.79 Å². The maximum atomic E-state index is 12.0. The quantitative estimate of drug-likeness (QED) is 0.839. The minimum atomic E-state index is -0.887. The van der Waals surface area contributed by atoms with Crippen LogP contribution in [-0.4, -0.2) is 23.6 Å². The highest BCUT2D eigenvalue weighted by Crippen LogP contribution is 2.34. The van der Waals surface area contributed by atoms with Crippen LogP contribution < -0.4 is 10.6 Å². The third-order valence-electron chi connectivity index (χ3n) is 3.52. The summed E-state index contributed by atoms with van der Waals surface area (Å²) in [5.74, 6) is -0.420. The molecule has 6 heteroatoms. The van der Waals surface area contributed by atoms with Gasteiger partial charge in [0.1, 0.15) is 5.54 Å². The van der Waals surface area contributed by atoms with Gasteiger partial charge in [-0.1, -0.05) is 37.3 Å². The van der Waals surface area contributed by atoms with E-state index in [2.05, 4.69) is 16.7 Å². The van der Waals surface area contributed by atoms with Gasteiger partial charge < -0.3 is 15.4 Å². The molecule has 1 aliphatic rings. The molecule has 116 valence electrons. The Hall–Kier alpha value is -2.55. The number of benzene rings is 1. The molecule has 0 bridgehead atoms. The summed E-state index contributed by atoms with van der Waals surface area (Å²) in [6.45, 7) is 2.08. The zero-order chi connectivity index (χ0) is 16.0. The number of ether oxygens (including phenoxy) is 1. The van der Waals surface area contributed by atoms with E-state index in [1.54, 1.807) is 6.92 Å². The molecule has 0 aromatic heterocycles. The molecule has 1 aliphatic carbocycles. The standard InChI is InChI=1S/C16H19N3O3/c1-2-13(14(20)19-16(11-17)8-9-16)22-15(21)18-10-12-6-4-3-5-7-12/h3-7,13H,2,8-10H2,1H3,(H,18,21)(H,19,20). The Morgan fingerprint density at radius 1 is 1.36 bits per heavy atom. The van der Waals surface area contributed by atoms with E-state index in [4.69, 9.17) is 10.00 Å². The van der Waals surface area contributed by atoms with Crippen LogP contribution in [0.3, 0.4) is 0 Å². The highest BCUT2D eigenvalue weighted by atomic mass is 16.6. The molecule has 2 amide bonds. The highest BCUT2D eigenvalue weighted by Gasteiger charge is 2.45. The molecule has 1 aromatic rings. The highest BCUT2D eigenvalue weighted by molar-refractivity contribution is 5.84. The van der Waals surface area contributed by atoms with Crippen molar-refractivity contribution in [2.45, 2.75) is 44.4 Å². The van der Waals surface area contributed by atoms with E-state index in [9.17, 15) is 9.59 Å². The molecular formula is C16H19N3O3. The Balaban J connectivity index is 1.80. The molecule has 1 fully saturated rings. The maximum Gasteiger partial charge on any atom is 0.408 e. The van der Waals surface area contributed by atoms with Crippen LogP contribution in [0.5, 0.6) is 0 Å². The third kappa shape index (κ3) is 4.22. The van der Waals surface area contributed by atoms with Gasteiger partial charge in [0.2, 0.25) is 0 Å². The van der Waals surface area contributed by atoms with E-state index in [1.165, 1.54) is 0 Å². The van der Waals surface area contributed by atoms with Crippen LogP contribution in [-0.2, 0) is 16.1 Å². The van der Waals surface area contributed by atoms with Crippen molar-refractivity contribution in [3.8, 4) is 6.07 Å². The molecule has 0 saturated heterocycles. The van der Waals surface area contributed by atoms with E-state index in [0.29, 0.717) is 25.8 Å². The van der Waals surface area contributed by atoms with E-state index >= 15 is 0 Å². The summed E-state index contributed by atoms with van der Waals surface area (Å²) in [5.41, 5.74) is 0.187. The average Bonchev–Trinajstić information content (AvgIpc) is 3.31. The summed E-state index contributed by atoms with van der Waals surface area (Å²) in [6, 6.07) is 11.5. The Kier molecular flexibility index (Phi) is 4.99. The lowest BCUT2D eigenvalue weighted by Crippen LogP contribution is -2.45. The van der Waals surface area contributed by atoms with Crippen LogP contribution in [0.25, 0.3) is 0 Å². The lowest BCUT2D eigenvalue weighted by atomic mass is 10.2. The first-order valence-corrected chi connectivity index (χ1v) is 7.30. The zero-order valence-electron chi connectivity index (χ0n) is 12.5. The third-order valence-corrected chi connectivity index (χ3v) is 3.52. The fraction of sp³-hybridized carbons (Fsp3) is 0.438. The SMILES string of the molecule is CCC(OC(=O)NCc1ccccc1)C(=O)NC1(C#N)CC1. The van der Waals surface area contributed by atoms with Gasteiger partial charge in [0.15, 0.2) is 6.10 Å². The van der Waals surface area contributed by atoms with Crippen molar-refractivity contribution in [3.05, 3.63) is 35.9 Å². The molecule has 22 heavy (non-hydrogen) atoms. The van der Waals surface area contributed by atoms with E-state index < -0.39 is 23.6 Å². The second-order valence-electron chi connectivity index (χ2n) is 5.32. The van der Waals surface area contributed by atoms with Crippen LogP contribution >= 0.6 is 0 Å². The molecular weight excluding hydrogens is 282 g/mol. The first-order valence-electron chi connectivity index (χ1n) is 7.30. The molecule has 1 atom stereocenters. The summed E-state index contributed by atoms with van der Waals surface area (Å²) in [4.78, 5) is 23.8. The number of nitrogens with zero attached hydrogens (tertiary/aromatic N) is 1. The number of rotatable bonds is 6. The topological polar surface area (TPSA) is 91.2 Å². The zero-order valence-corrected chi connectivity index (χ0v) is 12.5. The summed E-state index contributed by atoms with van der Waals surface area (Å²) in [6.07, 6.45) is 0.110. The summed E-state index contributed by atoms with van der Waals surface area (Å²) >= 11 is 0. The molecule has 0 aliphatic heterocycles. The Morgan fingerprint density at radius 3 is 2.59 bits per heavy atom. The van der Waals surface area contributed by atoms with Gasteiger partial charge in [-0.2, -0.15) is 5.26 Å². The number of carbonyl (C=O) groups is 2. The number of nitrogens with one attached hydrogen (secondary N) is 2. The number of amides is 2. The Bertz CT molecular complexity index is 576. The van der Waals surface area contributed by atoms with Gasteiger partial charge in [0, 0.05) is 6.54 Å². The summed E-state index contributed by atoms with van der Waals surface area (Å²) in [7, 11) is 0. The van der Waals surface area contributed by atoms with Crippen LogP contribution in [0.1, 0.15) is 31.7 Å². The van der Waals surface area contributed by atoms with Crippen LogP contribution in [0, 0.1) is 11.3 Å². The molecule has 6 nitrogen and oxygen atoms in total. The monoisotopic (exact) mass is 301 g/mol. The summed E-state index contributed by atoms with van der Waals surface area (Å²) in [5, 5.41) is 14.2. The molecule has 0 heterocycles. The average molecular weight is 301 g/mol. The number of alkyl carbamates (subject to hydrolysis) is 1. The fourth-order valence-corrected chi connectivity index (χ4v) is 1.97. The van der Waals surface area contributed by atoms with E-state index in [-0.39, 0.29) is 0 Å². The molecule has 1 aromatic carbocycles. The number of hydrogen-bond donors (Lipinski definition) is 2. The molecule has 2 N–H and O–H groups in total. The Labute approximate surface area is 129 Å². The second kappa shape index (κ2) is 6.94. The molecule has 0 radical (unpaired) electrons. The van der Waals surface area contributed by atoms with Crippen molar-refractivity contribution in [1.29, 1.82) is 5.26 Å². The smallest absolute Gasteiger partial charge is 0.408 e. The summed E-state index contributed by atoms with van der Waals surface area (Å²) < 4.78 is 5.13. The van der Waals surface area contributed by atoms with E-state index in [1.807, 2.05) is 30.3 Å². The van der Waals surface area contributed by atoms with Crippen LogP contribution in [0.2, 0.25) is 0 Å². The van der Waals surface area contributed by atoms with Crippen molar-refractivity contribution >= 4 is 12.0 Å². The van der Waals surface area contributed by atoms with Gasteiger partial charge >= 0.3 is 6.09 Å². The van der Waals surface area contributed by atoms with Crippen molar-refractivity contribution in [2.24, 2.45) is 0 Å². The van der Waals surface area contributed by atoms with Gasteiger partial charge in [0.25, 0.3) is 5.91 Å². The molecule has 1 unspecified atom stereocenters. The normalized spacial score (nSPS) is 16.0. The first-order chi connectivity index (χ1) is 10.6. The van der Waals surface area contributed by atoms with Gasteiger partial charge in [-0.05, 0) is 24.8 Å². The number of carbonyl (C=O) groups excluding carboxylic acids is 2. The molecule has 1 saturated carbocycles.